The molecule has 0 radical (unpaired) electrons. The van der Waals surface area contributed by atoms with Gasteiger partial charge in [0.25, 0.3) is 0 Å². The van der Waals surface area contributed by atoms with Crippen LogP contribution in [0.3, 0.4) is 0 Å². The van der Waals surface area contributed by atoms with E-state index in [4.69, 9.17) is 16.2 Å². The van der Waals surface area contributed by atoms with Gasteiger partial charge in [0.2, 0.25) is 0 Å². The summed E-state index contributed by atoms with van der Waals surface area (Å²) in [5, 5.41) is 0. The second kappa shape index (κ2) is 7.23. The molecule has 0 aliphatic rings. The van der Waals surface area contributed by atoms with Gasteiger partial charge in [-0.25, -0.2) is 0 Å². The minimum absolute atomic E-state index is 0.341. The molecule has 0 atom stereocenters. The van der Waals surface area contributed by atoms with Gasteiger partial charge in [0.1, 0.15) is 5.75 Å². The summed E-state index contributed by atoms with van der Waals surface area (Å²) in [6.45, 7) is 8.69. The molecule has 3 aromatic rings. The van der Waals surface area contributed by atoms with Crippen molar-refractivity contribution in [2.75, 3.05) is 18.6 Å². The van der Waals surface area contributed by atoms with Crippen molar-refractivity contribution in [3.05, 3.63) is 89.0 Å². The monoisotopic (exact) mass is 374 g/mol. The van der Waals surface area contributed by atoms with E-state index in [9.17, 15) is 0 Å². The zero-order chi connectivity index (χ0) is 20.5. The van der Waals surface area contributed by atoms with Crippen LogP contribution in [-0.2, 0) is 10.8 Å². The Morgan fingerprint density at radius 3 is 1.32 bits per heavy atom. The van der Waals surface area contributed by atoms with Crippen LogP contribution in [0.4, 0.5) is 11.4 Å². The van der Waals surface area contributed by atoms with E-state index in [1.807, 2.05) is 42.5 Å². The summed E-state index contributed by atoms with van der Waals surface area (Å²) in [7, 11) is 1.70. The summed E-state index contributed by atoms with van der Waals surface area (Å²) in [5.41, 5.74) is 17.9. The lowest BCUT2D eigenvalue weighted by atomic mass is 9.71. The van der Waals surface area contributed by atoms with Gasteiger partial charge in [-0.2, -0.15) is 0 Å². The maximum Gasteiger partial charge on any atom is 0.131 e. The van der Waals surface area contributed by atoms with E-state index >= 15 is 0 Å². The molecule has 4 N–H and O–H groups in total. The molecule has 3 nitrogen and oxygen atoms in total. The molecule has 0 unspecified atom stereocenters. The van der Waals surface area contributed by atoms with Crippen LogP contribution in [0.1, 0.15) is 49.9 Å². The highest BCUT2D eigenvalue weighted by Gasteiger charge is 2.36. The molecule has 0 aliphatic heterocycles. The van der Waals surface area contributed by atoms with Crippen LogP contribution in [-0.4, -0.2) is 7.11 Å². The van der Waals surface area contributed by atoms with Crippen molar-refractivity contribution in [1.29, 1.82) is 0 Å². The average molecular weight is 375 g/mol. The van der Waals surface area contributed by atoms with Crippen molar-refractivity contribution < 1.29 is 4.74 Å². The third kappa shape index (κ3) is 3.22. The molecule has 28 heavy (non-hydrogen) atoms. The van der Waals surface area contributed by atoms with Gasteiger partial charge in [-0.05, 0) is 17.2 Å². The quantitative estimate of drug-likeness (QED) is 0.579. The van der Waals surface area contributed by atoms with Crippen molar-refractivity contribution in [3.63, 3.8) is 0 Å². The van der Waals surface area contributed by atoms with E-state index in [2.05, 4.69) is 52.0 Å². The smallest absolute Gasteiger partial charge is 0.131 e. The predicted octanol–water partition coefficient (Wildman–Crippen LogP) is 5.51. The van der Waals surface area contributed by atoms with Crippen LogP contribution >= 0.6 is 0 Å². The zero-order valence-electron chi connectivity index (χ0n) is 17.4. The summed E-state index contributed by atoms with van der Waals surface area (Å²) >= 11 is 0. The van der Waals surface area contributed by atoms with Crippen molar-refractivity contribution >= 4 is 11.4 Å². The number of nitrogen functional groups attached to an aromatic ring is 2. The Morgan fingerprint density at radius 2 is 1.00 bits per heavy atom. The van der Waals surface area contributed by atoms with Crippen LogP contribution < -0.4 is 16.2 Å². The summed E-state index contributed by atoms with van der Waals surface area (Å²) < 4.78 is 5.99. The van der Waals surface area contributed by atoms with E-state index in [0.717, 1.165) is 16.9 Å². The fourth-order valence-corrected chi connectivity index (χ4v) is 4.19. The molecule has 0 aliphatic carbocycles. The van der Waals surface area contributed by atoms with Gasteiger partial charge in [0.05, 0.1) is 7.11 Å². The SMILES string of the molecule is COc1c(C(C)(C)c2ccccc2)c(N)cc(N)c1C(C)(C)c1ccccc1. The highest BCUT2D eigenvalue weighted by molar-refractivity contribution is 5.74. The van der Waals surface area contributed by atoms with Crippen LogP contribution in [0, 0.1) is 0 Å². The van der Waals surface area contributed by atoms with E-state index < -0.39 is 0 Å². The van der Waals surface area contributed by atoms with E-state index in [-0.39, 0.29) is 10.8 Å². The third-order valence-electron chi connectivity index (χ3n) is 5.79. The van der Waals surface area contributed by atoms with Gasteiger partial charge in [-0.3, -0.25) is 0 Å². The van der Waals surface area contributed by atoms with Crippen molar-refractivity contribution in [2.24, 2.45) is 0 Å². The second-order valence-electron chi connectivity index (χ2n) is 8.32. The molecule has 3 rings (SSSR count). The summed E-state index contributed by atoms with van der Waals surface area (Å²) in [6.07, 6.45) is 0. The second-order valence-corrected chi connectivity index (χ2v) is 8.32. The molecule has 0 fully saturated rings. The van der Waals surface area contributed by atoms with E-state index in [1.165, 1.54) is 11.1 Å². The largest absolute Gasteiger partial charge is 0.496 e. The number of hydrogen-bond acceptors (Lipinski definition) is 3. The molecule has 0 aromatic heterocycles. The summed E-state index contributed by atoms with van der Waals surface area (Å²) in [4.78, 5) is 0. The van der Waals surface area contributed by atoms with Crippen molar-refractivity contribution in [3.8, 4) is 5.75 Å². The number of anilines is 2. The number of rotatable bonds is 5. The molecule has 0 amide bonds. The predicted molar refractivity (Wildman–Crippen MR) is 119 cm³/mol. The fourth-order valence-electron chi connectivity index (χ4n) is 4.19. The molecule has 0 saturated heterocycles. The average Bonchev–Trinajstić information content (AvgIpc) is 2.68. The first-order valence-electron chi connectivity index (χ1n) is 9.59. The minimum Gasteiger partial charge on any atom is -0.496 e. The van der Waals surface area contributed by atoms with Gasteiger partial charge in [-0.15, -0.1) is 0 Å². The maximum atomic E-state index is 6.51. The first-order chi connectivity index (χ1) is 13.2. The topological polar surface area (TPSA) is 61.3 Å². The third-order valence-corrected chi connectivity index (χ3v) is 5.79. The highest BCUT2D eigenvalue weighted by Crippen LogP contribution is 2.49. The number of ether oxygens (including phenoxy) is 1. The molecule has 0 heterocycles. The number of benzene rings is 3. The molecule has 3 heteroatoms. The Kier molecular flexibility index (Phi) is 5.12. The molecular weight excluding hydrogens is 344 g/mol. The van der Waals surface area contributed by atoms with E-state index in [1.54, 1.807) is 7.11 Å². The van der Waals surface area contributed by atoms with Crippen LogP contribution in [0.2, 0.25) is 0 Å². The zero-order valence-corrected chi connectivity index (χ0v) is 17.4. The van der Waals surface area contributed by atoms with Crippen molar-refractivity contribution in [1.82, 2.24) is 0 Å². The minimum atomic E-state index is -0.341. The van der Waals surface area contributed by atoms with Crippen LogP contribution in [0.15, 0.2) is 66.7 Å². The highest BCUT2D eigenvalue weighted by atomic mass is 16.5. The lowest BCUT2D eigenvalue weighted by Crippen LogP contribution is -2.27. The molecular formula is C25H30N2O. The standard InChI is InChI=1S/C25H30N2O/c1-24(2,17-12-8-6-9-13-17)21-19(26)16-20(27)22(23(21)28-5)25(3,4)18-14-10-7-11-15-18/h6-16H,26-27H2,1-5H3. The molecule has 146 valence electrons. The van der Waals surface area contributed by atoms with Crippen LogP contribution in [0.25, 0.3) is 0 Å². The fraction of sp³-hybridized carbons (Fsp3) is 0.280. The number of hydrogen-bond donors (Lipinski definition) is 2. The summed E-state index contributed by atoms with van der Waals surface area (Å²) in [5.74, 6) is 0.764. The summed E-state index contributed by atoms with van der Waals surface area (Å²) in [6, 6.07) is 22.6. The first kappa shape index (κ1) is 19.8. The van der Waals surface area contributed by atoms with E-state index in [0.29, 0.717) is 11.4 Å². The molecule has 3 aromatic carbocycles. The normalized spacial score (nSPS) is 12.0. The number of nitrogens with two attached hydrogens (primary N) is 2. The van der Waals surface area contributed by atoms with Gasteiger partial charge in [0.15, 0.2) is 0 Å². The maximum absolute atomic E-state index is 6.51. The Bertz CT molecular complexity index is 885. The molecule has 0 saturated carbocycles. The van der Waals surface area contributed by atoms with Gasteiger partial charge < -0.3 is 16.2 Å². The molecule has 0 spiro atoms. The molecule has 0 bridgehead atoms. The Hall–Kier alpha value is -2.94. The van der Waals surface area contributed by atoms with Crippen molar-refractivity contribution in [2.45, 2.75) is 38.5 Å². The first-order valence-corrected chi connectivity index (χ1v) is 9.59. The lowest BCUT2D eigenvalue weighted by Gasteiger charge is -2.35. The number of methoxy groups -OCH3 is 1. The lowest BCUT2D eigenvalue weighted by molar-refractivity contribution is 0.388. The van der Waals surface area contributed by atoms with Gasteiger partial charge >= 0.3 is 0 Å². The Morgan fingerprint density at radius 1 is 0.643 bits per heavy atom. The van der Waals surface area contributed by atoms with Gasteiger partial charge in [-0.1, -0.05) is 88.4 Å². The van der Waals surface area contributed by atoms with Crippen LogP contribution in [0.5, 0.6) is 5.75 Å². The Balaban J connectivity index is 2.31. The Labute approximate surface area is 168 Å². The van der Waals surface area contributed by atoms with Gasteiger partial charge in [0, 0.05) is 33.3 Å².